The van der Waals surface area contributed by atoms with Crippen LogP contribution in [0.15, 0.2) is 75.9 Å². The summed E-state index contributed by atoms with van der Waals surface area (Å²) >= 11 is 0. The Balaban J connectivity index is 1.42. The largest absolute Gasteiger partial charge is 0.460 e. The van der Waals surface area contributed by atoms with Gasteiger partial charge in [-0.25, -0.2) is 0 Å². The summed E-state index contributed by atoms with van der Waals surface area (Å²) in [6, 6.07) is 19.2. The Morgan fingerprint density at radius 2 is 1.89 bits per heavy atom. The zero-order valence-corrected chi connectivity index (χ0v) is 15.4. The maximum atomic E-state index is 9.26. The summed E-state index contributed by atoms with van der Waals surface area (Å²) in [4.78, 5) is 6.18. The topological polar surface area (TPSA) is 79.1 Å². The van der Waals surface area contributed by atoms with E-state index in [0.29, 0.717) is 24.4 Å². The van der Waals surface area contributed by atoms with Gasteiger partial charge in [0.25, 0.3) is 0 Å². The summed E-state index contributed by atoms with van der Waals surface area (Å²) in [7, 11) is 1.98. The molecule has 0 fully saturated rings. The molecule has 3 aromatic heterocycles. The summed E-state index contributed by atoms with van der Waals surface area (Å²) in [5.74, 6) is 2.28. The molecule has 3 heterocycles. The molecule has 28 heavy (non-hydrogen) atoms. The Morgan fingerprint density at radius 3 is 2.71 bits per heavy atom. The number of nitriles is 1. The predicted octanol–water partition coefficient (Wildman–Crippen LogP) is 4.50. The number of hydrogen-bond donors (Lipinski definition) is 0. The van der Waals surface area contributed by atoms with Crippen molar-refractivity contribution in [2.45, 2.75) is 13.1 Å². The van der Waals surface area contributed by atoms with Gasteiger partial charge in [-0.3, -0.25) is 9.88 Å². The van der Waals surface area contributed by atoms with Crippen molar-refractivity contribution in [3.8, 4) is 28.7 Å². The summed E-state index contributed by atoms with van der Waals surface area (Å²) in [6.07, 6.45) is 3.49. The summed E-state index contributed by atoms with van der Waals surface area (Å²) in [6.45, 7) is 1.20. The number of pyridine rings is 1. The van der Waals surface area contributed by atoms with Crippen LogP contribution in [0, 0.1) is 11.3 Å². The number of nitrogens with zero attached hydrogens (tertiary/aromatic N) is 4. The van der Waals surface area contributed by atoms with Crippen molar-refractivity contribution in [2.75, 3.05) is 7.05 Å². The van der Waals surface area contributed by atoms with Crippen LogP contribution >= 0.6 is 0 Å². The standard InChI is InChI=1S/C22H18N4O2/c1-26(15-19-11-21(25-28-19)17-6-4-10-24-13-17)14-18-8-9-22(27-18)20-7-3-2-5-16(20)12-23/h2-11,13H,14-15H2,1H3. The van der Waals surface area contributed by atoms with E-state index < -0.39 is 0 Å². The van der Waals surface area contributed by atoms with Crippen molar-refractivity contribution in [3.63, 3.8) is 0 Å². The molecule has 4 rings (SSSR count). The fourth-order valence-corrected chi connectivity index (χ4v) is 3.03. The highest BCUT2D eigenvalue weighted by atomic mass is 16.5. The maximum absolute atomic E-state index is 9.26. The van der Waals surface area contributed by atoms with Gasteiger partial charge in [0.15, 0.2) is 5.76 Å². The smallest absolute Gasteiger partial charge is 0.151 e. The molecule has 0 bridgehead atoms. The second-order valence-corrected chi connectivity index (χ2v) is 6.52. The van der Waals surface area contributed by atoms with Gasteiger partial charge >= 0.3 is 0 Å². The third-order valence-electron chi connectivity index (χ3n) is 4.34. The molecule has 0 saturated heterocycles. The quantitative estimate of drug-likeness (QED) is 0.497. The average Bonchev–Trinajstić information content (AvgIpc) is 3.38. The van der Waals surface area contributed by atoms with E-state index in [-0.39, 0.29) is 0 Å². The first kappa shape index (κ1) is 17.7. The van der Waals surface area contributed by atoms with E-state index in [0.717, 1.165) is 28.3 Å². The molecule has 4 aromatic rings. The van der Waals surface area contributed by atoms with Crippen molar-refractivity contribution >= 4 is 0 Å². The highest BCUT2D eigenvalue weighted by molar-refractivity contribution is 5.66. The molecule has 0 saturated carbocycles. The van der Waals surface area contributed by atoms with Gasteiger partial charge in [0.05, 0.1) is 24.7 Å². The third kappa shape index (κ3) is 3.85. The van der Waals surface area contributed by atoms with Crippen LogP contribution in [0.1, 0.15) is 17.1 Å². The monoisotopic (exact) mass is 370 g/mol. The number of hydrogen-bond acceptors (Lipinski definition) is 6. The van der Waals surface area contributed by atoms with Crippen LogP contribution in [0.2, 0.25) is 0 Å². The van der Waals surface area contributed by atoms with Gasteiger partial charge in [0.2, 0.25) is 0 Å². The summed E-state index contributed by atoms with van der Waals surface area (Å²) < 4.78 is 11.4. The Bertz CT molecular complexity index is 1110. The molecule has 0 amide bonds. The SMILES string of the molecule is CN(Cc1cc(-c2cccnc2)no1)Cc1ccc(-c2ccccc2C#N)o1. The molecule has 0 radical (unpaired) electrons. The van der Waals surface area contributed by atoms with Gasteiger partial charge < -0.3 is 8.94 Å². The second kappa shape index (κ2) is 7.91. The van der Waals surface area contributed by atoms with Gasteiger partial charge in [-0.2, -0.15) is 5.26 Å². The molecule has 6 nitrogen and oxygen atoms in total. The lowest BCUT2D eigenvalue weighted by Gasteiger charge is -2.12. The molecule has 6 heteroatoms. The predicted molar refractivity (Wildman–Crippen MR) is 104 cm³/mol. The van der Waals surface area contributed by atoms with Gasteiger partial charge in [0, 0.05) is 29.6 Å². The third-order valence-corrected chi connectivity index (χ3v) is 4.34. The molecular weight excluding hydrogens is 352 g/mol. The van der Waals surface area contributed by atoms with Crippen LogP contribution in [0.3, 0.4) is 0 Å². The van der Waals surface area contributed by atoms with Crippen LogP contribution in [-0.2, 0) is 13.1 Å². The van der Waals surface area contributed by atoms with E-state index in [9.17, 15) is 5.26 Å². The molecule has 1 aromatic carbocycles. The Labute approximate surface area is 162 Å². The summed E-state index contributed by atoms with van der Waals surface area (Å²) in [5, 5.41) is 13.4. The van der Waals surface area contributed by atoms with Crippen molar-refractivity contribution in [1.82, 2.24) is 15.0 Å². The van der Waals surface area contributed by atoms with Crippen LogP contribution in [0.25, 0.3) is 22.6 Å². The van der Waals surface area contributed by atoms with E-state index in [1.807, 2.05) is 55.6 Å². The average molecular weight is 370 g/mol. The van der Waals surface area contributed by atoms with E-state index in [4.69, 9.17) is 8.94 Å². The van der Waals surface area contributed by atoms with Gasteiger partial charge in [-0.05, 0) is 43.4 Å². The molecule has 0 spiro atoms. The van der Waals surface area contributed by atoms with Crippen LogP contribution in [-0.4, -0.2) is 22.1 Å². The van der Waals surface area contributed by atoms with E-state index in [1.54, 1.807) is 18.5 Å². The molecule has 138 valence electrons. The van der Waals surface area contributed by atoms with Gasteiger partial charge in [-0.15, -0.1) is 0 Å². The van der Waals surface area contributed by atoms with Crippen LogP contribution in [0.4, 0.5) is 0 Å². The Kier molecular flexibility index (Phi) is 5.00. The number of aromatic nitrogens is 2. The summed E-state index contributed by atoms with van der Waals surface area (Å²) in [5.41, 5.74) is 3.09. The highest BCUT2D eigenvalue weighted by Gasteiger charge is 2.13. The number of benzene rings is 1. The fourth-order valence-electron chi connectivity index (χ4n) is 3.03. The fraction of sp³-hybridized carbons (Fsp3) is 0.136. The normalized spacial score (nSPS) is 10.9. The van der Waals surface area contributed by atoms with E-state index in [1.165, 1.54) is 0 Å². The number of rotatable bonds is 6. The second-order valence-electron chi connectivity index (χ2n) is 6.52. The first-order valence-corrected chi connectivity index (χ1v) is 8.85. The molecule has 0 aliphatic rings. The molecule has 0 unspecified atom stereocenters. The molecular formula is C22H18N4O2. The van der Waals surface area contributed by atoms with Crippen molar-refractivity contribution in [1.29, 1.82) is 5.26 Å². The first-order chi connectivity index (χ1) is 13.7. The lowest BCUT2D eigenvalue weighted by Crippen LogP contribution is -2.16. The number of furan rings is 1. The molecule has 0 N–H and O–H groups in total. The minimum absolute atomic E-state index is 0.595. The van der Waals surface area contributed by atoms with Crippen molar-refractivity contribution in [2.24, 2.45) is 0 Å². The minimum atomic E-state index is 0.595. The maximum Gasteiger partial charge on any atom is 0.151 e. The zero-order valence-electron chi connectivity index (χ0n) is 15.4. The Morgan fingerprint density at radius 1 is 1.04 bits per heavy atom. The lowest BCUT2D eigenvalue weighted by atomic mass is 10.1. The van der Waals surface area contributed by atoms with Crippen LogP contribution < -0.4 is 0 Å². The molecule has 0 atom stereocenters. The van der Waals surface area contributed by atoms with Gasteiger partial charge in [-0.1, -0.05) is 17.3 Å². The molecule has 0 aliphatic heterocycles. The zero-order chi connectivity index (χ0) is 19.3. The van der Waals surface area contributed by atoms with Crippen LogP contribution in [0.5, 0.6) is 0 Å². The van der Waals surface area contributed by atoms with E-state index in [2.05, 4.69) is 21.1 Å². The van der Waals surface area contributed by atoms with Crippen molar-refractivity contribution in [3.05, 3.63) is 84.1 Å². The lowest BCUT2D eigenvalue weighted by molar-refractivity contribution is 0.250. The highest BCUT2D eigenvalue weighted by Crippen LogP contribution is 2.26. The van der Waals surface area contributed by atoms with Crippen molar-refractivity contribution < 1.29 is 8.94 Å². The minimum Gasteiger partial charge on any atom is -0.460 e. The first-order valence-electron chi connectivity index (χ1n) is 8.85. The van der Waals surface area contributed by atoms with Gasteiger partial charge in [0.1, 0.15) is 17.2 Å². The van der Waals surface area contributed by atoms with E-state index >= 15 is 0 Å². The molecule has 0 aliphatic carbocycles. The Hall–Kier alpha value is -3.69.